The van der Waals surface area contributed by atoms with E-state index in [1.54, 1.807) is 29.4 Å². The third kappa shape index (κ3) is 2.79. The van der Waals surface area contributed by atoms with Crippen LogP contribution in [0.25, 0.3) is 0 Å². The molecule has 1 aliphatic heterocycles. The van der Waals surface area contributed by atoms with Crippen LogP contribution in [-0.2, 0) is 4.79 Å². The largest absolute Gasteiger partial charge is 0.472 e. The van der Waals surface area contributed by atoms with E-state index >= 15 is 0 Å². The highest BCUT2D eigenvalue weighted by molar-refractivity contribution is 6.02. The summed E-state index contributed by atoms with van der Waals surface area (Å²) in [4.78, 5) is 30.2. The van der Waals surface area contributed by atoms with Crippen molar-refractivity contribution in [1.29, 1.82) is 0 Å². The predicted octanol–water partition coefficient (Wildman–Crippen LogP) is 1.60. The number of nitrogens with one attached hydrogen (secondary N) is 1. The van der Waals surface area contributed by atoms with E-state index in [-0.39, 0.29) is 11.8 Å². The van der Waals surface area contributed by atoms with Gasteiger partial charge in [-0.05, 0) is 31.0 Å². The first-order valence-electron chi connectivity index (χ1n) is 6.80. The van der Waals surface area contributed by atoms with Crippen molar-refractivity contribution in [2.75, 3.05) is 11.4 Å². The summed E-state index contributed by atoms with van der Waals surface area (Å²) in [5.74, 6) is -0.402. The van der Waals surface area contributed by atoms with Crippen LogP contribution in [-0.4, -0.2) is 29.4 Å². The van der Waals surface area contributed by atoms with Crippen LogP contribution in [0.4, 0.5) is 5.69 Å². The number of furan rings is 1. The van der Waals surface area contributed by atoms with Gasteiger partial charge in [-0.25, -0.2) is 0 Å². The molecule has 1 atom stereocenters. The van der Waals surface area contributed by atoms with Crippen molar-refractivity contribution in [3.05, 3.63) is 48.7 Å². The number of rotatable bonds is 3. The minimum Gasteiger partial charge on any atom is -0.472 e. The molecule has 6 nitrogen and oxygen atoms in total. The molecule has 0 spiro atoms. The Hall–Kier alpha value is -2.63. The molecule has 0 unspecified atom stereocenters. The molecule has 3 rings (SSSR count). The fraction of sp³-hybridized carbons (Fsp3) is 0.267. The highest BCUT2D eigenvalue weighted by Gasteiger charge is 2.31. The number of hydrogen-bond donors (Lipinski definition) is 1. The predicted molar refractivity (Wildman–Crippen MR) is 75.8 cm³/mol. The fourth-order valence-corrected chi connectivity index (χ4v) is 2.41. The quantitative estimate of drug-likeness (QED) is 0.929. The number of aromatic nitrogens is 1. The van der Waals surface area contributed by atoms with Crippen LogP contribution >= 0.6 is 0 Å². The van der Waals surface area contributed by atoms with E-state index in [4.69, 9.17) is 4.42 Å². The fourth-order valence-electron chi connectivity index (χ4n) is 2.41. The number of carbonyl (C=O) groups excluding carboxylic acids is 2. The molecule has 0 radical (unpaired) electrons. The van der Waals surface area contributed by atoms with Gasteiger partial charge in [-0.15, -0.1) is 0 Å². The van der Waals surface area contributed by atoms with Crippen molar-refractivity contribution in [1.82, 2.24) is 10.3 Å². The number of pyridine rings is 1. The van der Waals surface area contributed by atoms with E-state index in [0.29, 0.717) is 18.5 Å². The minimum absolute atomic E-state index is 0.105. The first-order chi connectivity index (χ1) is 10.3. The Balaban J connectivity index is 1.72. The average molecular weight is 285 g/mol. The molecule has 1 N–H and O–H groups in total. The molecule has 0 bridgehead atoms. The van der Waals surface area contributed by atoms with Gasteiger partial charge in [-0.1, -0.05) is 0 Å². The van der Waals surface area contributed by atoms with Gasteiger partial charge in [0.05, 0.1) is 23.7 Å². The third-order valence-electron chi connectivity index (χ3n) is 3.48. The van der Waals surface area contributed by atoms with Gasteiger partial charge in [0.25, 0.3) is 5.91 Å². The van der Waals surface area contributed by atoms with Crippen molar-refractivity contribution in [3.63, 3.8) is 0 Å². The molecule has 0 saturated carbocycles. The maximum atomic E-state index is 12.5. The lowest BCUT2D eigenvalue weighted by Gasteiger charge is -2.32. The standard InChI is InChI=1S/C15H15N3O3/c19-14(11-5-8-21-10-11)17-13-4-2-7-18(15(13)20)12-3-1-6-16-9-12/h1,3,5-6,8-10,13H,2,4,7H2,(H,17,19)/t13-/m0/s1. The molecular formula is C15H15N3O3. The molecule has 2 aromatic heterocycles. The van der Waals surface area contributed by atoms with Crippen molar-refractivity contribution in [3.8, 4) is 0 Å². The second-order valence-corrected chi connectivity index (χ2v) is 4.88. The lowest BCUT2D eigenvalue weighted by atomic mass is 10.0. The Kier molecular flexibility index (Phi) is 3.68. The normalized spacial score (nSPS) is 18.6. The van der Waals surface area contributed by atoms with Crippen molar-refractivity contribution in [2.24, 2.45) is 0 Å². The summed E-state index contributed by atoms with van der Waals surface area (Å²) >= 11 is 0. The van der Waals surface area contributed by atoms with Gasteiger partial charge in [0, 0.05) is 12.7 Å². The Morgan fingerprint density at radius 2 is 2.33 bits per heavy atom. The van der Waals surface area contributed by atoms with E-state index < -0.39 is 6.04 Å². The second kappa shape index (κ2) is 5.78. The van der Waals surface area contributed by atoms with Crippen LogP contribution < -0.4 is 10.2 Å². The van der Waals surface area contributed by atoms with E-state index in [9.17, 15) is 9.59 Å². The van der Waals surface area contributed by atoms with Crippen LogP contribution in [0.5, 0.6) is 0 Å². The number of anilines is 1. The molecule has 6 heteroatoms. The maximum Gasteiger partial charge on any atom is 0.255 e. The molecule has 108 valence electrons. The number of nitrogens with zero attached hydrogens (tertiary/aromatic N) is 2. The number of amides is 2. The molecule has 3 heterocycles. The van der Waals surface area contributed by atoms with Crippen LogP contribution in [0.15, 0.2) is 47.5 Å². The zero-order chi connectivity index (χ0) is 14.7. The molecular weight excluding hydrogens is 270 g/mol. The van der Waals surface area contributed by atoms with Crippen LogP contribution in [0.3, 0.4) is 0 Å². The Bertz CT molecular complexity index is 625. The summed E-state index contributed by atoms with van der Waals surface area (Å²) in [5.41, 5.74) is 1.17. The van der Waals surface area contributed by atoms with Crippen molar-refractivity contribution >= 4 is 17.5 Å². The molecule has 1 aliphatic rings. The van der Waals surface area contributed by atoms with Crippen molar-refractivity contribution in [2.45, 2.75) is 18.9 Å². The van der Waals surface area contributed by atoms with E-state index in [1.807, 2.05) is 6.07 Å². The Morgan fingerprint density at radius 1 is 1.43 bits per heavy atom. The van der Waals surface area contributed by atoms with Crippen LogP contribution in [0, 0.1) is 0 Å². The first-order valence-corrected chi connectivity index (χ1v) is 6.80. The highest BCUT2D eigenvalue weighted by atomic mass is 16.3. The highest BCUT2D eigenvalue weighted by Crippen LogP contribution is 2.20. The lowest BCUT2D eigenvalue weighted by molar-refractivity contribution is -0.121. The van der Waals surface area contributed by atoms with Crippen molar-refractivity contribution < 1.29 is 14.0 Å². The zero-order valence-electron chi connectivity index (χ0n) is 11.4. The minimum atomic E-state index is -0.513. The summed E-state index contributed by atoms with van der Waals surface area (Å²) in [6.45, 7) is 0.641. The van der Waals surface area contributed by atoms with Gasteiger partial charge in [-0.3, -0.25) is 14.6 Å². The smallest absolute Gasteiger partial charge is 0.255 e. The second-order valence-electron chi connectivity index (χ2n) is 4.88. The zero-order valence-corrected chi connectivity index (χ0v) is 11.4. The summed E-state index contributed by atoms with van der Waals surface area (Å²) in [6.07, 6.45) is 7.57. The first kappa shape index (κ1) is 13.4. The molecule has 21 heavy (non-hydrogen) atoms. The SMILES string of the molecule is O=C(N[C@H]1CCCN(c2cccnc2)C1=O)c1ccoc1. The molecule has 0 aliphatic carbocycles. The third-order valence-corrected chi connectivity index (χ3v) is 3.48. The topological polar surface area (TPSA) is 75.4 Å². The van der Waals surface area contributed by atoms with E-state index in [2.05, 4.69) is 10.3 Å². The average Bonchev–Trinajstić information content (AvgIpc) is 3.05. The molecule has 2 amide bonds. The molecule has 1 fully saturated rings. The summed E-state index contributed by atoms with van der Waals surface area (Å²) in [5, 5.41) is 2.76. The van der Waals surface area contributed by atoms with E-state index in [1.165, 1.54) is 12.5 Å². The van der Waals surface area contributed by atoms with Gasteiger partial charge >= 0.3 is 0 Å². The summed E-state index contributed by atoms with van der Waals surface area (Å²) in [7, 11) is 0. The van der Waals surface area contributed by atoms with Gasteiger partial charge in [0.15, 0.2) is 0 Å². The molecule has 0 aromatic carbocycles. The van der Waals surface area contributed by atoms with Gasteiger partial charge in [0.1, 0.15) is 12.3 Å². The van der Waals surface area contributed by atoms with Gasteiger partial charge in [-0.2, -0.15) is 0 Å². The van der Waals surface area contributed by atoms with Crippen LogP contribution in [0.1, 0.15) is 23.2 Å². The Labute approximate surface area is 121 Å². The van der Waals surface area contributed by atoms with Crippen LogP contribution in [0.2, 0.25) is 0 Å². The summed E-state index contributed by atoms with van der Waals surface area (Å²) < 4.78 is 4.88. The van der Waals surface area contributed by atoms with Gasteiger partial charge in [0.2, 0.25) is 5.91 Å². The van der Waals surface area contributed by atoms with E-state index in [0.717, 1.165) is 12.1 Å². The maximum absolute atomic E-state index is 12.5. The monoisotopic (exact) mass is 285 g/mol. The summed E-state index contributed by atoms with van der Waals surface area (Å²) in [6, 6.07) is 4.68. The number of piperidine rings is 1. The number of hydrogen-bond acceptors (Lipinski definition) is 4. The van der Waals surface area contributed by atoms with Gasteiger partial charge < -0.3 is 14.6 Å². The number of carbonyl (C=O) groups is 2. The Morgan fingerprint density at radius 3 is 3.05 bits per heavy atom. The molecule has 1 saturated heterocycles. The lowest BCUT2D eigenvalue weighted by Crippen LogP contribution is -2.52. The molecule has 2 aromatic rings.